The molecule has 0 atom stereocenters. The van der Waals surface area contributed by atoms with Gasteiger partial charge >= 0.3 is 0 Å². The van der Waals surface area contributed by atoms with Crippen LogP contribution in [0.1, 0.15) is 0 Å². The summed E-state index contributed by atoms with van der Waals surface area (Å²) in [4.78, 5) is 7.76. The lowest BCUT2D eigenvalue weighted by molar-refractivity contribution is 1.32. The lowest BCUT2D eigenvalue weighted by atomic mass is 10.1. The zero-order valence-corrected chi connectivity index (χ0v) is 8.51. The number of hydrogen-bond donors (Lipinski definition) is 4. The van der Waals surface area contributed by atoms with Crippen molar-refractivity contribution in [1.29, 1.82) is 0 Å². The lowest BCUT2D eigenvalue weighted by Gasteiger charge is -2.06. The van der Waals surface area contributed by atoms with Gasteiger partial charge in [-0.1, -0.05) is 0 Å². The first kappa shape index (κ1) is 10.0. The molecule has 0 amide bonds. The minimum atomic E-state index is 0.351. The Kier molecular flexibility index (Phi) is 2.24. The first-order chi connectivity index (χ1) is 7.54. The van der Waals surface area contributed by atoms with Crippen molar-refractivity contribution in [1.82, 2.24) is 9.97 Å². The maximum atomic E-state index is 5.60. The highest BCUT2D eigenvalue weighted by atomic mass is 14.9. The van der Waals surface area contributed by atoms with Gasteiger partial charge in [0, 0.05) is 0 Å². The third kappa shape index (κ3) is 1.95. The van der Waals surface area contributed by atoms with E-state index in [9.17, 15) is 0 Å². The Labute approximate surface area is 92.3 Å². The average Bonchev–Trinajstić information content (AvgIpc) is 2.14. The van der Waals surface area contributed by atoms with Crippen LogP contribution in [0.25, 0.3) is 11.1 Å². The highest BCUT2D eigenvalue weighted by Crippen LogP contribution is 2.25. The van der Waals surface area contributed by atoms with E-state index >= 15 is 0 Å². The van der Waals surface area contributed by atoms with Crippen LogP contribution in [-0.4, -0.2) is 9.97 Å². The van der Waals surface area contributed by atoms with Crippen LogP contribution < -0.4 is 22.9 Å². The van der Waals surface area contributed by atoms with Crippen molar-refractivity contribution in [3.63, 3.8) is 0 Å². The van der Waals surface area contributed by atoms with Crippen LogP contribution in [0.3, 0.4) is 0 Å². The smallest absolute Gasteiger partial charge is 0.126 e. The topological polar surface area (TPSA) is 130 Å². The summed E-state index contributed by atoms with van der Waals surface area (Å²) in [7, 11) is 0. The molecule has 0 aromatic carbocycles. The third-order valence-electron chi connectivity index (χ3n) is 2.06. The quantitative estimate of drug-likeness (QED) is 0.548. The molecule has 6 nitrogen and oxygen atoms in total. The summed E-state index contributed by atoms with van der Waals surface area (Å²) in [5.74, 6) is 1.40. The predicted molar refractivity (Wildman–Crippen MR) is 65.1 cm³/mol. The molecule has 6 heteroatoms. The molecule has 0 aliphatic rings. The molecule has 0 bridgehead atoms. The molecular weight excluding hydrogens is 204 g/mol. The zero-order chi connectivity index (χ0) is 11.7. The predicted octanol–water partition coefficient (Wildman–Crippen LogP) is 0.472. The van der Waals surface area contributed by atoms with Gasteiger partial charge in [0.1, 0.15) is 23.3 Å². The second-order valence-electron chi connectivity index (χ2n) is 3.41. The molecule has 2 rings (SSSR count). The van der Waals surface area contributed by atoms with Crippen LogP contribution >= 0.6 is 0 Å². The van der Waals surface area contributed by atoms with Gasteiger partial charge in [-0.25, -0.2) is 9.97 Å². The normalized spacial score (nSPS) is 10.2. The molecule has 0 saturated heterocycles. The highest BCUT2D eigenvalue weighted by molar-refractivity contribution is 5.72. The Hall–Kier alpha value is -2.50. The van der Waals surface area contributed by atoms with Crippen LogP contribution in [-0.2, 0) is 0 Å². The van der Waals surface area contributed by atoms with Crippen molar-refractivity contribution in [2.24, 2.45) is 0 Å². The minimum absolute atomic E-state index is 0.351. The fraction of sp³-hybridized carbons (Fsp3) is 0. The number of pyridine rings is 2. The van der Waals surface area contributed by atoms with Gasteiger partial charge < -0.3 is 22.9 Å². The van der Waals surface area contributed by atoms with E-state index < -0.39 is 0 Å². The Morgan fingerprint density at radius 3 is 1.06 bits per heavy atom. The van der Waals surface area contributed by atoms with Gasteiger partial charge in [0.15, 0.2) is 0 Å². The van der Waals surface area contributed by atoms with Crippen molar-refractivity contribution in [2.75, 3.05) is 22.9 Å². The summed E-state index contributed by atoms with van der Waals surface area (Å²) in [6, 6.07) is 6.80. The molecule has 0 unspecified atom stereocenters. The summed E-state index contributed by atoms with van der Waals surface area (Å²) < 4.78 is 0. The number of rotatable bonds is 1. The maximum Gasteiger partial charge on any atom is 0.126 e. The van der Waals surface area contributed by atoms with E-state index in [0.29, 0.717) is 23.3 Å². The van der Waals surface area contributed by atoms with Gasteiger partial charge in [-0.2, -0.15) is 0 Å². The van der Waals surface area contributed by atoms with Crippen molar-refractivity contribution in [2.45, 2.75) is 0 Å². The summed E-state index contributed by atoms with van der Waals surface area (Å²) in [6.07, 6.45) is 0. The van der Waals surface area contributed by atoms with Crippen molar-refractivity contribution in [3.05, 3.63) is 24.3 Å². The van der Waals surface area contributed by atoms with E-state index in [-0.39, 0.29) is 0 Å². The van der Waals surface area contributed by atoms with Gasteiger partial charge in [-0.3, -0.25) is 0 Å². The first-order valence-electron chi connectivity index (χ1n) is 4.61. The molecular formula is C10H12N6. The molecule has 0 spiro atoms. The summed E-state index contributed by atoms with van der Waals surface area (Å²) >= 11 is 0. The number of hydrogen-bond acceptors (Lipinski definition) is 6. The number of aromatic nitrogens is 2. The Morgan fingerprint density at radius 1 is 0.562 bits per heavy atom. The van der Waals surface area contributed by atoms with Gasteiger partial charge in [0.2, 0.25) is 0 Å². The number of nitrogens with two attached hydrogens (primary N) is 4. The van der Waals surface area contributed by atoms with Crippen LogP contribution in [0, 0.1) is 0 Å². The lowest BCUT2D eigenvalue weighted by Crippen LogP contribution is -1.99. The van der Waals surface area contributed by atoms with Crippen LogP contribution in [0.2, 0.25) is 0 Å². The van der Waals surface area contributed by atoms with Crippen LogP contribution in [0.15, 0.2) is 24.3 Å². The fourth-order valence-electron chi connectivity index (χ4n) is 1.48. The number of nitrogens with zero attached hydrogens (tertiary/aromatic N) is 2. The molecule has 8 N–H and O–H groups in total. The molecule has 0 aliphatic heterocycles. The van der Waals surface area contributed by atoms with Crippen LogP contribution in [0.4, 0.5) is 23.3 Å². The second kappa shape index (κ2) is 3.58. The van der Waals surface area contributed by atoms with E-state index in [0.717, 1.165) is 11.1 Å². The van der Waals surface area contributed by atoms with E-state index in [1.807, 2.05) is 0 Å². The van der Waals surface area contributed by atoms with E-state index in [4.69, 9.17) is 22.9 Å². The zero-order valence-electron chi connectivity index (χ0n) is 8.51. The molecule has 16 heavy (non-hydrogen) atoms. The largest absolute Gasteiger partial charge is 0.384 e. The molecule has 0 aliphatic carbocycles. The van der Waals surface area contributed by atoms with Gasteiger partial charge in [-0.15, -0.1) is 0 Å². The Bertz CT molecular complexity index is 447. The van der Waals surface area contributed by atoms with Gasteiger partial charge in [0.25, 0.3) is 0 Å². The molecule has 2 aromatic rings. The maximum absolute atomic E-state index is 5.60. The fourth-order valence-corrected chi connectivity index (χ4v) is 1.48. The minimum Gasteiger partial charge on any atom is -0.384 e. The molecule has 82 valence electrons. The standard InChI is InChI=1S/C10H12N6/c11-7-1-5(2-8(12)15-7)6-3-9(13)16-10(14)4-6/h1-4H,(H4,11,12,15)(H4,13,14,16). The summed E-state index contributed by atoms with van der Waals surface area (Å²) in [5, 5.41) is 0. The molecule has 0 fully saturated rings. The molecule has 0 saturated carbocycles. The molecule has 2 aromatic heterocycles. The highest BCUT2D eigenvalue weighted by Gasteiger charge is 2.04. The van der Waals surface area contributed by atoms with Crippen molar-refractivity contribution < 1.29 is 0 Å². The Balaban J connectivity index is 2.57. The van der Waals surface area contributed by atoms with Crippen molar-refractivity contribution >= 4 is 23.3 Å². The molecule has 2 heterocycles. The summed E-state index contributed by atoms with van der Waals surface area (Å²) in [6.45, 7) is 0. The van der Waals surface area contributed by atoms with E-state index in [1.165, 1.54) is 0 Å². The van der Waals surface area contributed by atoms with Crippen LogP contribution in [0.5, 0.6) is 0 Å². The number of nitrogen functional groups attached to an aromatic ring is 4. The van der Waals surface area contributed by atoms with Crippen molar-refractivity contribution in [3.8, 4) is 11.1 Å². The SMILES string of the molecule is Nc1cc(-c2cc(N)nc(N)c2)cc(N)n1. The summed E-state index contributed by atoms with van der Waals surface area (Å²) in [5.41, 5.74) is 24.0. The third-order valence-corrected chi connectivity index (χ3v) is 2.06. The monoisotopic (exact) mass is 216 g/mol. The Morgan fingerprint density at radius 2 is 0.812 bits per heavy atom. The van der Waals surface area contributed by atoms with Gasteiger partial charge in [0.05, 0.1) is 0 Å². The average molecular weight is 216 g/mol. The van der Waals surface area contributed by atoms with Gasteiger partial charge in [-0.05, 0) is 35.4 Å². The second-order valence-corrected chi connectivity index (χ2v) is 3.41. The first-order valence-corrected chi connectivity index (χ1v) is 4.61. The van der Waals surface area contributed by atoms with E-state index in [2.05, 4.69) is 9.97 Å². The number of anilines is 4. The van der Waals surface area contributed by atoms with E-state index in [1.54, 1.807) is 24.3 Å². The molecule has 0 radical (unpaired) electrons.